The first-order valence-corrected chi connectivity index (χ1v) is 14.5. The lowest BCUT2D eigenvalue weighted by atomic mass is 10.1. The van der Waals surface area contributed by atoms with Gasteiger partial charge < -0.3 is 10.2 Å². The van der Waals surface area contributed by atoms with Crippen LogP contribution in [0.5, 0.6) is 0 Å². The van der Waals surface area contributed by atoms with Crippen molar-refractivity contribution in [1.82, 2.24) is 10.2 Å². The Morgan fingerprint density at radius 1 is 0.900 bits per heavy atom. The van der Waals surface area contributed by atoms with Gasteiger partial charge in [0, 0.05) is 24.7 Å². The number of anilines is 1. The minimum absolute atomic E-state index is 0.0442. The number of amides is 2. The Morgan fingerprint density at radius 2 is 1.48 bits per heavy atom. The molecule has 0 aliphatic carbocycles. The molecule has 1 N–H and O–H groups in total. The van der Waals surface area contributed by atoms with Gasteiger partial charge in [0.05, 0.1) is 15.5 Å². The first kappa shape index (κ1) is 30.3. The number of rotatable bonds is 13. The van der Waals surface area contributed by atoms with Crippen LogP contribution in [-0.4, -0.2) is 48.7 Å². The van der Waals surface area contributed by atoms with Crippen LogP contribution in [0.1, 0.15) is 39.2 Å². The summed E-state index contributed by atoms with van der Waals surface area (Å²) in [5.74, 6) is -0.915. The Bertz CT molecular complexity index is 1400. The lowest BCUT2D eigenvalue weighted by Crippen LogP contribution is -2.53. The maximum atomic E-state index is 14.0. The van der Waals surface area contributed by atoms with E-state index in [-0.39, 0.29) is 34.8 Å². The molecule has 11 heteroatoms. The van der Waals surface area contributed by atoms with Crippen LogP contribution < -0.4 is 9.62 Å². The molecule has 212 valence electrons. The highest BCUT2D eigenvalue weighted by atomic mass is 32.2. The summed E-state index contributed by atoms with van der Waals surface area (Å²) in [6, 6.07) is 20.8. The molecule has 3 aromatic carbocycles. The second-order valence-corrected chi connectivity index (χ2v) is 11.2. The normalized spacial score (nSPS) is 12.7. The number of nitro groups is 1. The SMILES string of the molecule is CC[C@H](C)NC(=O)[C@H](CC)N(Cc1ccccc1)C(=O)CN(c1ccc([N+](=O)[O-])cc1)S(=O)(=O)c1ccccc1. The zero-order chi connectivity index (χ0) is 29.3. The summed E-state index contributed by atoms with van der Waals surface area (Å²) >= 11 is 0. The van der Waals surface area contributed by atoms with Crippen LogP contribution in [0.2, 0.25) is 0 Å². The van der Waals surface area contributed by atoms with Crippen molar-refractivity contribution < 1.29 is 22.9 Å². The number of nitro benzene ring substituents is 1. The Labute approximate surface area is 234 Å². The monoisotopic (exact) mass is 566 g/mol. The molecule has 0 aliphatic rings. The van der Waals surface area contributed by atoms with Gasteiger partial charge in [0.2, 0.25) is 11.8 Å². The molecule has 10 nitrogen and oxygen atoms in total. The van der Waals surface area contributed by atoms with Gasteiger partial charge in [-0.1, -0.05) is 62.4 Å². The molecule has 3 aromatic rings. The minimum atomic E-state index is -4.25. The van der Waals surface area contributed by atoms with E-state index < -0.39 is 33.4 Å². The van der Waals surface area contributed by atoms with Crippen LogP contribution in [0.3, 0.4) is 0 Å². The van der Waals surface area contributed by atoms with E-state index in [4.69, 9.17) is 0 Å². The second kappa shape index (κ2) is 13.7. The van der Waals surface area contributed by atoms with E-state index in [2.05, 4.69) is 5.32 Å². The molecule has 0 radical (unpaired) electrons. The van der Waals surface area contributed by atoms with E-state index in [1.807, 2.05) is 44.2 Å². The summed E-state index contributed by atoms with van der Waals surface area (Å²) in [4.78, 5) is 39.2. The second-order valence-electron chi connectivity index (χ2n) is 9.35. The molecule has 0 bridgehead atoms. The summed E-state index contributed by atoms with van der Waals surface area (Å²) in [6.07, 6.45) is 1.02. The van der Waals surface area contributed by atoms with Crippen molar-refractivity contribution in [2.24, 2.45) is 0 Å². The molecule has 0 aromatic heterocycles. The number of carbonyl (C=O) groups excluding carboxylic acids is 2. The largest absolute Gasteiger partial charge is 0.352 e. The van der Waals surface area contributed by atoms with Crippen molar-refractivity contribution in [2.75, 3.05) is 10.8 Å². The van der Waals surface area contributed by atoms with Gasteiger partial charge in [0.15, 0.2) is 0 Å². The van der Waals surface area contributed by atoms with Gasteiger partial charge in [0.25, 0.3) is 15.7 Å². The number of hydrogen-bond donors (Lipinski definition) is 1. The first-order valence-electron chi connectivity index (χ1n) is 13.0. The predicted molar refractivity (Wildman–Crippen MR) is 153 cm³/mol. The van der Waals surface area contributed by atoms with Gasteiger partial charge >= 0.3 is 0 Å². The Balaban J connectivity index is 2.05. The number of nitrogens with one attached hydrogen (secondary N) is 1. The first-order chi connectivity index (χ1) is 19.1. The molecule has 0 saturated heterocycles. The Morgan fingerprint density at radius 3 is 2.00 bits per heavy atom. The lowest BCUT2D eigenvalue weighted by molar-refractivity contribution is -0.384. The topological polar surface area (TPSA) is 130 Å². The fraction of sp³-hybridized carbons (Fsp3) is 0.310. The summed E-state index contributed by atoms with van der Waals surface area (Å²) in [5, 5.41) is 14.1. The molecule has 0 fully saturated rings. The third-order valence-corrected chi connectivity index (χ3v) is 8.33. The van der Waals surface area contributed by atoms with Crippen LogP contribution >= 0.6 is 0 Å². The summed E-state index contributed by atoms with van der Waals surface area (Å²) in [7, 11) is -4.25. The van der Waals surface area contributed by atoms with Gasteiger partial charge in [-0.05, 0) is 49.6 Å². The Hall–Kier alpha value is -4.25. The highest BCUT2D eigenvalue weighted by Crippen LogP contribution is 2.26. The number of sulfonamides is 1. The number of non-ortho nitro benzene ring substituents is 1. The quantitative estimate of drug-likeness (QED) is 0.239. The molecule has 40 heavy (non-hydrogen) atoms. The number of hydrogen-bond acceptors (Lipinski definition) is 6. The third kappa shape index (κ3) is 7.44. The number of nitrogens with zero attached hydrogens (tertiary/aromatic N) is 3. The van der Waals surface area contributed by atoms with Gasteiger partial charge in [-0.15, -0.1) is 0 Å². The predicted octanol–water partition coefficient (Wildman–Crippen LogP) is 4.51. The lowest BCUT2D eigenvalue weighted by Gasteiger charge is -2.33. The average Bonchev–Trinajstić information content (AvgIpc) is 2.96. The summed E-state index contributed by atoms with van der Waals surface area (Å²) < 4.78 is 28.5. The fourth-order valence-corrected chi connectivity index (χ4v) is 5.56. The standard InChI is InChI=1S/C29H34N4O6S/c1-4-22(3)30-29(35)27(5-2)31(20-23-12-8-6-9-13-23)28(34)21-32(24-16-18-25(19-17-24)33(36)37)40(38,39)26-14-10-7-11-15-26/h6-19,22,27H,4-5,20-21H2,1-3H3,(H,30,35)/t22-,27-/m0/s1. The average molecular weight is 567 g/mol. The van der Waals surface area contributed by atoms with Gasteiger partial charge in [-0.3, -0.25) is 24.0 Å². The van der Waals surface area contributed by atoms with E-state index in [0.29, 0.717) is 12.8 Å². The van der Waals surface area contributed by atoms with Crippen LogP contribution in [-0.2, 0) is 26.2 Å². The van der Waals surface area contributed by atoms with Crippen LogP contribution in [0.25, 0.3) is 0 Å². The van der Waals surface area contributed by atoms with Gasteiger partial charge in [-0.25, -0.2) is 8.42 Å². The van der Waals surface area contributed by atoms with Crippen molar-refractivity contribution in [3.63, 3.8) is 0 Å². The Kier molecular flexibility index (Phi) is 10.4. The van der Waals surface area contributed by atoms with E-state index in [1.165, 1.54) is 41.3 Å². The molecule has 0 aliphatic heterocycles. The van der Waals surface area contributed by atoms with Crippen molar-refractivity contribution in [1.29, 1.82) is 0 Å². The smallest absolute Gasteiger partial charge is 0.269 e. The highest BCUT2D eigenvalue weighted by Gasteiger charge is 2.34. The summed E-state index contributed by atoms with van der Waals surface area (Å²) in [5.41, 5.74) is 0.642. The van der Waals surface area contributed by atoms with Crippen LogP contribution in [0.4, 0.5) is 11.4 Å². The number of benzene rings is 3. The zero-order valence-electron chi connectivity index (χ0n) is 22.8. The van der Waals surface area contributed by atoms with Crippen LogP contribution in [0, 0.1) is 10.1 Å². The molecule has 3 rings (SSSR count). The molecule has 2 atom stereocenters. The van der Waals surface area contributed by atoms with Gasteiger partial charge in [0.1, 0.15) is 12.6 Å². The maximum Gasteiger partial charge on any atom is 0.269 e. The highest BCUT2D eigenvalue weighted by molar-refractivity contribution is 7.92. The van der Waals surface area contributed by atoms with Crippen molar-refractivity contribution in [2.45, 2.75) is 57.1 Å². The van der Waals surface area contributed by atoms with Gasteiger partial charge in [-0.2, -0.15) is 0 Å². The molecule has 2 amide bonds. The molecule has 0 unspecified atom stereocenters. The minimum Gasteiger partial charge on any atom is -0.352 e. The van der Waals surface area contributed by atoms with E-state index in [1.54, 1.807) is 25.1 Å². The summed E-state index contributed by atoms with van der Waals surface area (Å²) in [6.45, 7) is 5.08. The van der Waals surface area contributed by atoms with Crippen LogP contribution in [0.15, 0.2) is 89.8 Å². The number of carbonyl (C=O) groups is 2. The van der Waals surface area contributed by atoms with Crippen molar-refractivity contribution in [3.8, 4) is 0 Å². The molecular formula is C29H34N4O6S. The van der Waals surface area contributed by atoms with Crippen molar-refractivity contribution in [3.05, 3.63) is 101 Å². The van der Waals surface area contributed by atoms with E-state index in [9.17, 15) is 28.1 Å². The maximum absolute atomic E-state index is 14.0. The zero-order valence-corrected chi connectivity index (χ0v) is 23.6. The van der Waals surface area contributed by atoms with Crippen molar-refractivity contribution >= 4 is 33.2 Å². The molecule has 0 heterocycles. The molecular weight excluding hydrogens is 532 g/mol. The van der Waals surface area contributed by atoms with E-state index >= 15 is 0 Å². The third-order valence-electron chi connectivity index (χ3n) is 6.54. The molecule has 0 spiro atoms. The van der Waals surface area contributed by atoms with E-state index in [0.717, 1.165) is 9.87 Å². The fourth-order valence-electron chi connectivity index (χ4n) is 4.13. The molecule has 0 saturated carbocycles.